The lowest BCUT2D eigenvalue weighted by Crippen LogP contribution is -2.53. The van der Waals surface area contributed by atoms with E-state index in [9.17, 15) is 4.39 Å². The van der Waals surface area contributed by atoms with Crippen molar-refractivity contribution in [1.82, 2.24) is 16.0 Å². The van der Waals surface area contributed by atoms with Gasteiger partial charge in [0.1, 0.15) is 11.5 Å². The highest BCUT2D eigenvalue weighted by Crippen LogP contribution is 2.29. The summed E-state index contributed by atoms with van der Waals surface area (Å²) in [5, 5.41) is 9.70. The van der Waals surface area contributed by atoms with Crippen LogP contribution in [0.4, 0.5) is 4.39 Å². The van der Waals surface area contributed by atoms with Gasteiger partial charge in [0.25, 0.3) is 0 Å². The van der Waals surface area contributed by atoms with Crippen LogP contribution in [0.3, 0.4) is 0 Å². The largest absolute Gasteiger partial charge is 0.310 e. The van der Waals surface area contributed by atoms with Crippen LogP contribution in [0.1, 0.15) is 5.56 Å². The van der Waals surface area contributed by atoms with Crippen molar-refractivity contribution >= 4 is 21.5 Å². The van der Waals surface area contributed by atoms with Crippen LogP contribution in [0.5, 0.6) is 0 Å². The average molecular weight is 340 g/mol. The summed E-state index contributed by atoms with van der Waals surface area (Å²) in [5.41, 5.74) is 1.47. The molecule has 0 radical (unpaired) electrons. The molecule has 0 aliphatic heterocycles. The Morgan fingerprint density at radius 3 is 2.40 bits per heavy atom. The Hall–Kier alpha value is -1.01. The Kier molecular flexibility index (Phi) is 4.75. The van der Waals surface area contributed by atoms with Crippen LogP contribution in [0, 0.1) is 5.82 Å². The molecule has 1 atom stereocenters. The fourth-order valence-corrected chi connectivity index (χ4v) is 2.87. The van der Waals surface area contributed by atoms with Crippen LogP contribution in [0.25, 0.3) is 5.57 Å². The molecule has 3 N–H and O–H groups in total. The molecule has 1 aromatic rings. The lowest BCUT2D eigenvalue weighted by molar-refractivity contribution is 0.457. The molecule has 5 heteroatoms. The zero-order valence-electron chi connectivity index (χ0n) is 11.8. The number of rotatable bonds is 4. The summed E-state index contributed by atoms with van der Waals surface area (Å²) >= 11 is 3.35. The van der Waals surface area contributed by atoms with Crippen molar-refractivity contribution in [2.45, 2.75) is 11.7 Å². The first-order chi connectivity index (χ1) is 9.53. The Bertz CT molecular complexity index is 530. The van der Waals surface area contributed by atoms with E-state index in [0.29, 0.717) is 0 Å². The molecule has 3 nitrogen and oxygen atoms in total. The molecule has 0 saturated heterocycles. The summed E-state index contributed by atoms with van der Waals surface area (Å²) in [4.78, 5) is 0. The molecule has 20 heavy (non-hydrogen) atoms. The quantitative estimate of drug-likeness (QED) is 0.581. The first-order valence-electron chi connectivity index (χ1n) is 6.47. The summed E-state index contributed by atoms with van der Waals surface area (Å²) in [7, 11) is 5.66. The van der Waals surface area contributed by atoms with Gasteiger partial charge in [0.05, 0.1) is 6.04 Å². The molecule has 2 rings (SSSR count). The van der Waals surface area contributed by atoms with E-state index < -0.39 is 5.66 Å². The molecule has 1 aromatic carbocycles. The SMILES string of the molecule is CNC1C=CC(NC)(NC)C=C1c1cc(F)cc(Br)c1. The molecule has 0 fully saturated rings. The minimum Gasteiger partial charge on any atom is -0.310 e. The maximum absolute atomic E-state index is 13.6. The van der Waals surface area contributed by atoms with Crippen LogP contribution in [0.2, 0.25) is 0 Å². The van der Waals surface area contributed by atoms with E-state index in [2.05, 4.69) is 50.1 Å². The highest BCUT2D eigenvalue weighted by Gasteiger charge is 2.27. The molecular weight excluding hydrogens is 321 g/mol. The standard InChI is InChI=1S/C15H19BrFN3/c1-18-14-4-5-15(19-2,20-3)9-13(14)10-6-11(16)8-12(17)7-10/h4-9,14,18-20H,1-3H3. The minimum absolute atomic E-state index is 0.0542. The van der Waals surface area contributed by atoms with Gasteiger partial charge in [0.15, 0.2) is 0 Å². The summed E-state index contributed by atoms with van der Waals surface area (Å²) < 4.78 is 14.4. The maximum Gasteiger partial charge on any atom is 0.124 e. The van der Waals surface area contributed by atoms with E-state index >= 15 is 0 Å². The van der Waals surface area contributed by atoms with Gasteiger partial charge in [-0.05, 0) is 62.6 Å². The highest BCUT2D eigenvalue weighted by molar-refractivity contribution is 9.10. The second-order valence-corrected chi connectivity index (χ2v) is 5.67. The number of halogens is 2. The van der Waals surface area contributed by atoms with Crippen molar-refractivity contribution in [2.24, 2.45) is 0 Å². The molecule has 0 bridgehead atoms. The lowest BCUT2D eigenvalue weighted by Gasteiger charge is -2.34. The van der Waals surface area contributed by atoms with Gasteiger partial charge < -0.3 is 5.32 Å². The average Bonchev–Trinajstić information content (AvgIpc) is 2.45. The molecule has 0 spiro atoms. The third-order valence-corrected chi connectivity index (χ3v) is 4.06. The zero-order chi connectivity index (χ0) is 14.8. The summed E-state index contributed by atoms with van der Waals surface area (Å²) in [5.74, 6) is -0.251. The van der Waals surface area contributed by atoms with Gasteiger partial charge in [0.2, 0.25) is 0 Å². The molecule has 0 heterocycles. The molecule has 108 valence electrons. The number of hydrogen-bond acceptors (Lipinski definition) is 3. The van der Waals surface area contributed by atoms with Gasteiger partial charge in [-0.1, -0.05) is 22.0 Å². The first-order valence-corrected chi connectivity index (χ1v) is 7.26. The zero-order valence-corrected chi connectivity index (χ0v) is 13.4. The van der Waals surface area contributed by atoms with Gasteiger partial charge in [-0.25, -0.2) is 4.39 Å². The first kappa shape index (κ1) is 15.4. The fourth-order valence-electron chi connectivity index (χ4n) is 2.41. The molecule has 0 saturated carbocycles. The molecule has 1 unspecified atom stereocenters. The summed E-state index contributed by atoms with van der Waals surface area (Å²) in [6, 6.07) is 4.99. The van der Waals surface area contributed by atoms with Crippen LogP contribution in [0.15, 0.2) is 40.9 Å². The second-order valence-electron chi connectivity index (χ2n) is 4.75. The number of nitrogens with one attached hydrogen (secondary N) is 3. The number of benzene rings is 1. The van der Waals surface area contributed by atoms with E-state index in [4.69, 9.17) is 0 Å². The second kappa shape index (κ2) is 6.18. The lowest BCUT2D eigenvalue weighted by atomic mass is 9.88. The van der Waals surface area contributed by atoms with Gasteiger partial charge >= 0.3 is 0 Å². The van der Waals surface area contributed by atoms with Crippen molar-refractivity contribution in [3.63, 3.8) is 0 Å². The predicted octanol–water partition coefficient (Wildman–Crippen LogP) is 2.26. The van der Waals surface area contributed by atoms with Crippen molar-refractivity contribution < 1.29 is 4.39 Å². The van der Waals surface area contributed by atoms with Gasteiger partial charge in [-0.2, -0.15) is 0 Å². The van der Waals surface area contributed by atoms with Crippen molar-refractivity contribution in [3.05, 3.63) is 52.3 Å². The van der Waals surface area contributed by atoms with Crippen LogP contribution < -0.4 is 16.0 Å². The van der Waals surface area contributed by atoms with Crippen LogP contribution >= 0.6 is 15.9 Å². The van der Waals surface area contributed by atoms with Crippen molar-refractivity contribution in [3.8, 4) is 0 Å². The van der Waals surface area contributed by atoms with E-state index in [1.165, 1.54) is 6.07 Å². The molecule has 0 aromatic heterocycles. The van der Waals surface area contributed by atoms with Gasteiger partial charge in [-0.3, -0.25) is 10.6 Å². The topological polar surface area (TPSA) is 36.1 Å². The van der Waals surface area contributed by atoms with E-state index in [1.54, 1.807) is 6.07 Å². The Balaban J connectivity index is 2.51. The highest BCUT2D eigenvalue weighted by atomic mass is 79.9. The molecular formula is C15H19BrFN3. The van der Waals surface area contributed by atoms with E-state index in [-0.39, 0.29) is 11.9 Å². The summed E-state index contributed by atoms with van der Waals surface area (Å²) in [6.07, 6.45) is 6.21. The van der Waals surface area contributed by atoms with E-state index in [1.807, 2.05) is 27.2 Å². The molecule has 0 amide bonds. The molecule has 1 aliphatic rings. The monoisotopic (exact) mass is 339 g/mol. The number of hydrogen-bond donors (Lipinski definition) is 3. The predicted molar refractivity (Wildman–Crippen MR) is 84.9 cm³/mol. The Morgan fingerprint density at radius 2 is 1.85 bits per heavy atom. The minimum atomic E-state index is -0.415. The third kappa shape index (κ3) is 3.01. The Morgan fingerprint density at radius 1 is 1.15 bits per heavy atom. The van der Waals surface area contributed by atoms with Crippen molar-refractivity contribution in [2.75, 3.05) is 21.1 Å². The van der Waals surface area contributed by atoms with Crippen molar-refractivity contribution in [1.29, 1.82) is 0 Å². The maximum atomic E-state index is 13.6. The van der Waals surface area contributed by atoms with Crippen LogP contribution in [-0.2, 0) is 0 Å². The van der Waals surface area contributed by atoms with E-state index in [0.717, 1.165) is 15.6 Å². The van der Waals surface area contributed by atoms with Crippen LogP contribution in [-0.4, -0.2) is 32.8 Å². The Labute approximate surface area is 127 Å². The molecule has 1 aliphatic carbocycles. The normalized spacial score (nSPS) is 20.9. The number of likely N-dealkylation sites (N-methyl/N-ethyl adjacent to an activating group) is 3. The van der Waals surface area contributed by atoms with Gasteiger partial charge in [-0.15, -0.1) is 0 Å². The van der Waals surface area contributed by atoms with Gasteiger partial charge in [0, 0.05) is 4.47 Å². The fraction of sp³-hybridized carbons (Fsp3) is 0.333. The summed E-state index contributed by atoms with van der Waals surface area (Å²) in [6.45, 7) is 0. The third-order valence-electron chi connectivity index (χ3n) is 3.60. The smallest absolute Gasteiger partial charge is 0.124 e.